The third-order valence-electron chi connectivity index (χ3n) is 3.46. The Hall–Kier alpha value is -1.05. The van der Waals surface area contributed by atoms with E-state index < -0.39 is 26.6 Å². The Kier molecular flexibility index (Phi) is 3.89. The molecule has 4 nitrogen and oxygen atoms in total. The molecule has 1 N–H and O–H groups in total. The highest BCUT2D eigenvalue weighted by Crippen LogP contribution is 2.24. The van der Waals surface area contributed by atoms with Crippen molar-refractivity contribution < 1.29 is 17.2 Å². The second-order valence-corrected chi connectivity index (χ2v) is 6.53. The van der Waals surface area contributed by atoms with Gasteiger partial charge in [0.1, 0.15) is 16.5 Å². The van der Waals surface area contributed by atoms with E-state index in [1.807, 2.05) is 6.92 Å². The largest absolute Gasteiger partial charge is 0.311 e. The van der Waals surface area contributed by atoms with Crippen LogP contribution < -0.4 is 5.32 Å². The van der Waals surface area contributed by atoms with Crippen LogP contribution >= 0.6 is 0 Å². The summed E-state index contributed by atoms with van der Waals surface area (Å²) in [5, 5.41) is 3.15. The van der Waals surface area contributed by atoms with E-state index in [-0.39, 0.29) is 18.6 Å². The summed E-state index contributed by atoms with van der Waals surface area (Å²) in [6, 6.07) is 2.20. The van der Waals surface area contributed by atoms with E-state index in [4.69, 9.17) is 0 Å². The van der Waals surface area contributed by atoms with Crippen molar-refractivity contribution in [1.82, 2.24) is 9.62 Å². The van der Waals surface area contributed by atoms with Gasteiger partial charge in [0.05, 0.1) is 0 Å². The maximum Gasteiger partial charge on any atom is 0.246 e. The molecule has 0 saturated carbocycles. The van der Waals surface area contributed by atoms with Gasteiger partial charge in [-0.2, -0.15) is 4.31 Å². The molecule has 1 aliphatic heterocycles. The topological polar surface area (TPSA) is 49.4 Å². The van der Waals surface area contributed by atoms with E-state index in [2.05, 4.69) is 5.32 Å². The van der Waals surface area contributed by atoms with Crippen molar-refractivity contribution in [3.63, 3.8) is 0 Å². The molecule has 0 amide bonds. The first-order chi connectivity index (χ1) is 8.84. The lowest BCUT2D eigenvalue weighted by Gasteiger charge is -2.37. The molecule has 19 heavy (non-hydrogen) atoms. The number of benzene rings is 1. The molecule has 2 rings (SSSR count). The van der Waals surface area contributed by atoms with Gasteiger partial charge in [-0.05, 0) is 26.0 Å². The van der Waals surface area contributed by atoms with E-state index in [0.717, 1.165) is 12.1 Å². The fourth-order valence-corrected chi connectivity index (χ4v) is 3.93. The first-order valence-corrected chi connectivity index (χ1v) is 7.48. The molecule has 2 atom stereocenters. The van der Waals surface area contributed by atoms with Gasteiger partial charge in [-0.25, -0.2) is 17.2 Å². The van der Waals surface area contributed by atoms with Crippen LogP contribution in [0.4, 0.5) is 8.78 Å². The molecule has 7 heteroatoms. The molecule has 0 aromatic heterocycles. The summed E-state index contributed by atoms with van der Waals surface area (Å²) in [6.45, 7) is 4.40. The Morgan fingerprint density at radius 3 is 2.63 bits per heavy atom. The Labute approximate surface area is 111 Å². The Bertz CT molecular complexity index is 577. The predicted molar refractivity (Wildman–Crippen MR) is 67.2 cm³/mol. The normalized spacial score (nSPS) is 25.5. The molecule has 1 aliphatic rings. The highest BCUT2D eigenvalue weighted by Gasteiger charge is 2.35. The monoisotopic (exact) mass is 290 g/mol. The molecular weight excluding hydrogens is 274 g/mol. The van der Waals surface area contributed by atoms with Crippen LogP contribution in [-0.4, -0.2) is 37.9 Å². The molecule has 0 radical (unpaired) electrons. The minimum absolute atomic E-state index is 0.0213. The van der Waals surface area contributed by atoms with Gasteiger partial charge < -0.3 is 5.32 Å². The summed E-state index contributed by atoms with van der Waals surface area (Å²) in [5.74, 6) is -1.85. The van der Waals surface area contributed by atoms with Crippen LogP contribution in [0.25, 0.3) is 0 Å². The van der Waals surface area contributed by atoms with Crippen LogP contribution in [0.15, 0.2) is 23.1 Å². The lowest BCUT2D eigenvalue weighted by atomic mass is 10.1. The molecule has 1 fully saturated rings. The lowest BCUT2D eigenvalue weighted by molar-refractivity contribution is 0.232. The van der Waals surface area contributed by atoms with Crippen molar-refractivity contribution in [2.24, 2.45) is 0 Å². The second-order valence-electron chi connectivity index (χ2n) is 4.67. The van der Waals surface area contributed by atoms with Crippen LogP contribution in [0.5, 0.6) is 0 Å². The quantitative estimate of drug-likeness (QED) is 0.894. The first kappa shape index (κ1) is 14.4. The van der Waals surface area contributed by atoms with Crippen LogP contribution in [-0.2, 0) is 10.0 Å². The second kappa shape index (κ2) is 5.15. The average Bonchev–Trinajstić information content (AvgIpc) is 2.31. The number of hydrogen-bond acceptors (Lipinski definition) is 3. The van der Waals surface area contributed by atoms with Crippen molar-refractivity contribution in [2.45, 2.75) is 30.8 Å². The summed E-state index contributed by atoms with van der Waals surface area (Å²) in [7, 11) is -3.94. The molecular formula is C12H16F2N2O2S. The fourth-order valence-electron chi connectivity index (χ4n) is 2.18. The van der Waals surface area contributed by atoms with Crippen molar-refractivity contribution in [3.8, 4) is 0 Å². The van der Waals surface area contributed by atoms with Crippen molar-refractivity contribution in [1.29, 1.82) is 0 Å². The minimum Gasteiger partial charge on any atom is -0.311 e. The van der Waals surface area contributed by atoms with Gasteiger partial charge in [0.15, 0.2) is 0 Å². The zero-order valence-electron chi connectivity index (χ0n) is 10.7. The summed E-state index contributed by atoms with van der Waals surface area (Å²) in [4.78, 5) is -0.477. The number of nitrogens with one attached hydrogen (secondary N) is 1. The molecule has 0 spiro atoms. The standard InChI is InChI=1S/C12H16F2N2O2S/c1-8-9(2)16(6-5-15-8)19(17,18)12-4-3-10(13)7-11(12)14/h3-4,7-9,15H,5-6H2,1-2H3. The number of nitrogens with zero attached hydrogens (tertiary/aromatic N) is 1. The number of piperazine rings is 1. The maximum absolute atomic E-state index is 13.7. The summed E-state index contributed by atoms with van der Waals surface area (Å²) >= 11 is 0. The Morgan fingerprint density at radius 2 is 2.00 bits per heavy atom. The highest BCUT2D eigenvalue weighted by atomic mass is 32.2. The molecule has 1 saturated heterocycles. The van der Waals surface area contributed by atoms with Crippen molar-refractivity contribution in [2.75, 3.05) is 13.1 Å². The van der Waals surface area contributed by atoms with Gasteiger partial charge in [-0.3, -0.25) is 0 Å². The van der Waals surface area contributed by atoms with Crippen LogP contribution in [0, 0.1) is 11.6 Å². The van der Waals surface area contributed by atoms with Gasteiger partial charge >= 0.3 is 0 Å². The first-order valence-electron chi connectivity index (χ1n) is 6.04. The van der Waals surface area contributed by atoms with E-state index in [1.165, 1.54) is 4.31 Å². The van der Waals surface area contributed by atoms with Crippen molar-refractivity contribution >= 4 is 10.0 Å². The van der Waals surface area contributed by atoms with Gasteiger partial charge in [-0.15, -0.1) is 0 Å². The Balaban J connectivity index is 2.41. The smallest absolute Gasteiger partial charge is 0.246 e. The number of hydrogen-bond donors (Lipinski definition) is 1. The van der Waals surface area contributed by atoms with E-state index in [9.17, 15) is 17.2 Å². The molecule has 106 valence electrons. The van der Waals surface area contributed by atoms with E-state index in [1.54, 1.807) is 6.92 Å². The third-order valence-corrected chi connectivity index (χ3v) is 5.48. The zero-order valence-corrected chi connectivity index (χ0v) is 11.5. The molecule has 1 aromatic carbocycles. The van der Waals surface area contributed by atoms with Gasteiger partial charge in [0.25, 0.3) is 0 Å². The number of halogens is 2. The fraction of sp³-hybridized carbons (Fsp3) is 0.500. The lowest BCUT2D eigenvalue weighted by Crippen LogP contribution is -2.57. The summed E-state index contributed by atoms with van der Waals surface area (Å²) in [5.41, 5.74) is 0. The van der Waals surface area contributed by atoms with Gasteiger partial charge in [0.2, 0.25) is 10.0 Å². The van der Waals surface area contributed by atoms with E-state index >= 15 is 0 Å². The SMILES string of the molecule is CC1NCCN(S(=O)(=O)c2ccc(F)cc2F)C1C. The highest BCUT2D eigenvalue weighted by molar-refractivity contribution is 7.89. The molecule has 1 heterocycles. The van der Waals surface area contributed by atoms with Crippen LogP contribution in [0.1, 0.15) is 13.8 Å². The molecule has 1 aromatic rings. The van der Waals surface area contributed by atoms with Crippen LogP contribution in [0.3, 0.4) is 0 Å². The van der Waals surface area contributed by atoms with Crippen molar-refractivity contribution in [3.05, 3.63) is 29.8 Å². The summed E-state index contributed by atoms with van der Waals surface area (Å²) < 4.78 is 52.6. The Morgan fingerprint density at radius 1 is 1.32 bits per heavy atom. The van der Waals surface area contributed by atoms with Crippen LogP contribution in [0.2, 0.25) is 0 Å². The predicted octanol–water partition coefficient (Wildman–Crippen LogP) is 1.34. The average molecular weight is 290 g/mol. The van der Waals surface area contributed by atoms with E-state index in [0.29, 0.717) is 12.6 Å². The molecule has 2 unspecified atom stereocenters. The third kappa shape index (κ3) is 2.63. The van der Waals surface area contributed by atoms with Gasteiger partial charge in [-0.1, -0.05) is 0 Å². The zero-order chi connectivity index (χ0) is 14.2. The molecule has 0 bridgehead atoms. The van der Waals surface area contributed by atoms with Gasteiger partial charge in [0, 0.05) is 31.2 Å². The maximum atomic E-state index is 13.7. The summed E-state index contributed by atoms with van der Waals surface area (Å²) in [6.07, 6.45) is 0. The molecule has 0 aliphatic carbocycles. The number of sulfonamides is 1. The number of rotatable bonds is 2. The minimum atomic E-state index is -3.94.